The van der Waals surface area contributed by atoms with E-state index in [0.717, 1.165) is 42.0 Å². The number of aromatic amines is 1. The van der Waals surface area contributed by atoms with Crippen molar-refractivity contribution in [3.63, 3.8) is 0 Å². The minimum atomic E-state index is -4.40. The van der Waals surface area contributed by atoms with Crippen LogP contribution in [0.15, 0.2) is 56.7 Å². The molecule has 1 unspecified atom stereocenters. The van der Waals surface area contributed by atoms with E-state index in [2.05, 4.69) is 26.6 Å². The molecule has 0 bridgehead atoms. The molecule has 0 amide bonds. The van der Waals surface area contributed by atoms with Gasteiger partial charge in [-0.3, -0.25) is 9.51 Å². The van der Waals surface area contributed by atoms with Gasteiger partial charge < -0.3 is 9.29 Å². The lowest BCUT2D eigenvalue weighted by Gasteiger charge is -2.11. The maximum Gasteiger partial charge on any atom is 0.439 e. The highest BCUT2D eigenvalue weighted by molar-refractivity contribution is 7.90. The number of alkyl halides is 3. The van der Waals surface area contributed by atoms with Crippen LogP contribution < -0.4 is 10.5 Å². The van der Waals surface area contributed by atoms with E-state index in [1.165, 1.54) is 29.7 Å². The van der Waals surface area contributed by atoms with E-state index in [9.17, 15) is 22.5 Å². The van der Waals surface area contributed by atoms with Crippen LogP contribution in [0.1, 0.15) is 35.9 Å². The van der Waals surface area contributed by atoms with Crippen molar-refractivity contribution in [3.05, 3.63) is 69.1 Å². The molecule has 2 heterocycles. The Balaban J connectivity index is 1.57. The average Bonchev–Trinajstić information content (AvgIpc) is 3.46. The van der Waals surface area contributed by atoms with Crippen LogP contribution in [0.3, 0.4) is 0 Å². The standard InChI is InChI=1S/C24H22F3N3O4S2/c1-3-4-5-18-19(35-22(28-18)14-6-8-15(9-7-14)24(25,26)27)13-33-16-10-11-17(20(12-16)36(2)32)21-29-23(31)34-30-21/h6-12H,3-5,13H2,1-2H3,(H,29,30,31). The molecule has 0 aliphatic rings. The second kappa shape index (κ2) is 10.9. The number of unbranched alkanes of at least 4 members (excludes halogenated alkanes) is 1. The summed E-state index contributed by atoms with van der Waals surface area (Å²) in [4.78, 5) is 19.7. The number of nitrogens with one attached hydrogen (secondary N) is 1. The van der Waals surface area contributed by atoms with Gasteiger partial charge in [0.05, 0.1) is 21.7 Å². The molecule has 190 valence electrons. The number of ether oxygens (including phenoxy) is 1. The van der Waals surface area contributed by atoms with Gasteiger partial charge >= 0.3 is 11.9 Å². The van der Waals surface area contributed by atoms with Crippen molar-refractivity contribution in [3.8, 4) is 27.7 Å². The molecule has 0 saturated heterocycles. The molecular formula is C24H22F3N3O4S2. The van der Waals surface area contributed by atoms with Crippen molar-refractivity contribution >= 4 is 22.5 Å². The number of halogens is 3. The van der Waals surface area contributed by atoms with Crippen molar-refractivity contribution < 1.29 is 27.0 Å². The molecule has 12 heteroatoms. The number of aromatic nitrogens is 3. The summed E-state index contributed by atoms with van der Waals surface area (Å²) in [5.74, 6) is -0.0882. The molecule has 4 aromatic rings. The molecule has 2 aromatic heterocycles. The van der Waals surface area contributed by atoms with E-state index in [1.807, 2.05) is 0 Å². The van der Waals surface area contributed by atoms with Crippen LogP contribution >= 0.6 is 11.3 Å². The van der Waals surface area contributed by atoms with Crippen LogP contribution in [0.25, 0.3) is 22.0 Å². The Morgan fingerprint density at radius 1 is 1.19 bits per heavy atom. The molecule has 7 nitrogen and oxygen atoms in total. The van der Waals surface area contributed by atoms with Crippen LogP contribution in [0.2, 0.25) is 0 Å². The Bertz CT molecular complexity index is 1380. The highest BCUT2D eigenvalue weighted by atomic mass is 32.2. The molecule has 0 saturated carbocycles. The van der Waals surface area contributed by atoms with Crippen molar-refractivity contribution in [2.75, 3.05) is 6.26 Å². The molecule has 0 aliphatic heterocycles. The number of H-pyrrole nitrogens is 1. The topological polar surface area (TPSA) is 104 Å². The van der Waals surface area contributed by atoms with Gasteiger partial charge in [0.2, 0.25) is 0 Å². The molecule has 0 radical (unpaired) electrons. The average molecular weight is 538 g/mol. The monoisotopic (exact) mass is 537 g/mol. The first-order chi connectivity index (χ1) is 17.2. The van der Waals surface area contributed by atoms with Gasteiger partial charge in [-0.1, -0.05) is 30.6 Å². The number of thiazole rings is 1. The minimum absolute atomic E-state index is 0.169. The normalized spacial score (nSPS) is 12.6. The largest absolute Gasteiger partial charge is 0.612 e. The van der Waals surface area contributed by atoms with E-state index in [4.69, 9.17) is 4.74 Å². The van der Waals surface area contributed by atoms with E-state index < -0.39 is 28.7 Å². The van der Waals surface area contributed by atoms with Gasteiger partial charge in [0, 0.05) is 11.6 Å². The third kappa shape index (κ3) is 6.00. The molecule has 2 aromatic carbocycles. The van der Waals surface area contributed by atoms with Crippen LogP contribution in [0.5, 0.6) is 5.75 Å². The fourth-order valence-corrected chi connectivity index (χ4v) is 5.26. The molecule has 0 fully saturated rings. The summed E-state index contributed by atoms with van der Waals surface area (Å²) in [6, 6.07) is 9.86. The maximum atomic E-state index is 12.9. The van der Waals surface area contributed by atoms with E-state index >= 15 is 0 Å². The highest BCUT2D eigenvalue weighted by Crippen LogP contribution is 2.34. The van der Waals surface area contributed by atoms with Crippen molar-refractivity contribution in [2.24, 2.45) is 0 Å². The Labute approximate surface area is 211 Å². The van der Waals surface area contributed by atoms with Crippen molar-refractivity contribution in [1.82, 2.24) is 15.1 Å². The number of rotatable bonds is 9. The molecule has 4 rings (SSSR count). The van der Waals surface area contributed by atoms with Gasteiger partial charge in [0.25, 0.3) is 0 Å². The quantitative estimate of drug-likeness (QED) is 0.269. The van der Waals surface area contributed by atoms with Gasteiger partial charge in [-0.2, -0.15) is 13.2 Å². The Morgan fingerprint density at radius 2 is 1.94 bits per heavy atom. The summed E-state index contributed by atoms with van der Waals surface area (Å²) in [6.45, 7) is 2.25. The first kappa shape index (κ1) is 26.0. The summed E-state index contributed by atoms with van der Waals surface area (Å²) in [5, 5.41) is 4.28. The summed E-state index contributed by atoms with van der Waals surface area (Å²) in [6.07, 6.45) is -0.304. The van der Waals surface area contributed by atoms with E-state index in [-0.39, 0.29) is 12.4 Å². The van der Waals surface area contributed by atoms with Crippen LogP contribution in [0, 0.1) is 0 Å². The number of nitrogens with zero attached hydrogens (tertiary/aromatic N) is 2. The summed E-state index contributed by atoms with van der Waals surface area (Å²) < 4.78 is 61.6. The van der Waals surface area contributed by atoms with Crippen LogP contribution in [-0.4, -0.2) is 25.9 Å². The lowest BCUT2D eigenvalue weighted by molar-refractivity contribution is -0.137. The lowest BCUT2D eigenvalue weighted by Crippen LogP contribution is -2.04. The molecule has 0 spiro atoms. The van der Waals surface area contributed by atoms with Crippen molar-refractivity contribution in [1.29, 1.82) is 0 Å². The third-order valence-electron chi connectivity index (χ3n) is 5.33. The van der Waals surface area contributed by atoms with Gasteiger partial charge in [0.1, 0.15) is 23.6 Å². The predicted octanol–water partition coefficient (Wildman–Crippen LogP) is 5.83. The summed E-state index contributed by atoms with van der Waals surface area (Å²) in [5.41, 5.74) is 1.19. The fraction of sp³-hybridized carbons (Fsp3) is 0.292. The molecule has 36 heavy (non-hydrogen) atoms. The first-order valence-corrected chi connectivity index (χ1v) is 13.4. The maximum absolute atomic E-state index is 12.9. The zero-order valence-corrected chi connectivity index (χ0v) is 21.0. The summed E-state index contributed by atoms with van der Waals surface area (Å²) >= 11 is -0.0321. The number of hydrogen-bond donors (Lipinski definition) is 1. The third-order valence-corrected chi connectivity index (χ3v) is 7.41. The number of benzene rings is 2. The van der Waals surface area contributed by atoms with Gasteiger partial charge in [0.15, 0.2) is 10.7 Å². The Morgan fingerprint density at radius 3 is 2.56 bits per heavy atom. The highest BCUT2D eigenvalue weighted by Gasteiger charge is 2.30. The van der Waals surface area contributed by atoms with Gasteiger partial charge in [-0.05, 0) is 48.3 Å². The second-order valence-corrected chi connectivity index (χ2v) is 10.3. The Hall–Kier alpha value is -3.09. The number of hydrogen-bond acceptors (Lipinski definition) is 7. The van der Waals surface area contributed by atoms with E-state index in [0.29, 0.717) is 26.8 Å². The minimum Gasteiger partial charge on any atom is -0.612 e. The molecule has 1 N–H and O–H groups in total. The zero-order valence-electron chi connectivity index (χ0n) is 19.3. The van der Waals surface area contributed by atoms with Crippen LogP contribution in [-0.2, 0) is 30.4 Å². The number of aryl methyl sites for hydroxylation is 1. The molecular weight excluding hydrogens is 515 g/mol. The fourth-order valence-electron chi connectivity index (χ4n) is 3.48. The Kier molecular flexibility index (Phi) is 7.86. The van der Waals surface area contributed by atoms with Gasteiger partial charge in [-0.15, -0.1) is 11.3 Å². The van der Waals surface area contributed by atoms with E-state index in [1.54, 1.807) is 18.2 Å². The predicted molar refractivity (Wildman–Crippen MR) is 130 cm³/mol. The SMILES string of the molecule is CCCCc1nc(-c2ccc(C(F)(F)F)cc2)sc1COc1ccc(-c2noc(=O)[nH]2)c([S+](C)[O-])c1. The van der Waals surface area contributed by atoms with Crippen LogP contribution in [0.4, 0.5) is 13.2 Å². The molecule has 0 aliphatic carbocycles. The zero-order chi connectivity index (χ0) is 25.9. The lowest BCUT2D eigenvalue weighted by atomic mass is 10.1. The van der Waals surface area contributed by atoms with Gasteiger partial charge in [-0.25, -0.2) is 9.78 Å². The smallest absolute Gasteiger partial charge is 0.439 e. The first-order valence-electron chi connectivity index (χ1n) is 11.0. The molecule has 1 atom stereocenters. The second-order valence-electron chi connectivity index (χ2n) is 7.91. The summed E-state index contributed by atoms with van der Waals surface area (Å²) in [7, 11) is 0. The van der Waals surface area contributed by atoms with Crippen molar-refractivity contribution in [2.45, 2.75) is 43.9 Å².